The van der Waals surface area contributed by atoms with Gasteiger partial charge in [-0.15, -0.1) is 0 Å². The van der Waals surface area contributed by atoms with E-state index in [4.69, 9.17) is 0 Å². The average molecular weight is 137 g/mol. The van der Waals surface area contributed by atoms with Crippen LogP contribution in [0.2, 0.25) is 0 Å². The van der Waals surface area contributed by atoms with Crippen LogP contribution in [0, 0.1) is 0 Å². The molecule has 0 fully saturated rings. The highest BCUT2D eigenvalue weighted by Crippen LogP contribution is 2.13. The molecule has 0 aromatic carbocycles. The van der Waals surface area contributed by atoms with Crippen LogP contribution in [0.1, 0.15) is 0 Å². The van der Waals surface area contributed by atoms with Gasteiger partial charge in [0.05, 0.1) is 6.33 Å². The number of nitrogens with zero attached hydrogens (tertiary/aromatic N) is 2. The molecule has 2 aromatic rings. The van der Waals surface area contributed by atoms with Gasteiger partial charge in [-0.25, -0.2) is 4.98 Å². The third-order valence-corrected chi connectivity index (χ3v) is 1.39. The van der Waals surface area contributed by atoms with Gasteiger partial charge < -0.3 is 10.3 Å². The maximum absolute atomic E-state index is 3.97. The number of H-pyrrole nitrogens is 2. The first-order chi connectivity index (χ1) is 4.92. The van der Waals surface area contributed by atoms with Crippen LogP contribution >= 0.6 is 0 Å². The predicted molar refractivity (Wildman–Crippen MR) is 37.8 cm³/mol. The van der Waals surface area contributed by atoms with Gasteiger partial charge in [0, 0.05) is 7.05 Å². The van der Waals surface area contributed by atoms with Gasteiger partial charge in [-0.05, 0) is 0 Å². The summed E-state index contributed by atoms with van der Waals surface area (Å²) in [5.74, 6) is 0.799. The Balaban J connectivity index is 2.76. The quantitative estimate of drug-likeness (QED) is 0.530. The fourth-order valence-electron chi connectivity index (χ4n) is 0.905. The summed E-state index contributed by atoms with van der Waals surface area (Å²) in [7, 11) is 1.82. The van der Waals surface area contributed by atoms with E-state index < -0.39 is 0 Å². The molecule has 0 radical (unpaired) electrons. The van der Waals surface area contributed by atoms with Gasteiger partial charge in [0.2, 0.25) is 0 Å². The number of rotatable bonds is 1. The first-order valence-corrected chi connectivity index (χ1v) is 2.97. The number of aromatic nitrogens is 4. The minimum atomic E-state index is 0.782. The molecule has 3 N–H and O–H groups in total. The third-order valence-electron chi connectivity index (χ3n) is 1.39. The Kier molecular flexibility index (Phi) is 0.913. The van der Waals surface area contributed by atoms with Crippen molar-refractivity contribution in [3.63, 3.8) is 0 Å². The lowest BCUT2D eigenvalue weighted by Gasteiger charge is -1.87. The second kappa shape index (κ2) is 1.73. The molecule has 0 saturated heterocycles. The molecule has 0 aliphatic heterocycles. The Morgan fingerprint density at radius 1 is 1.60 bits per heavy atom. The second-order valence-corrected chi connectivity index (χ2v) is 1.95. The van der Waals surface area contributed by atoms with E-state index in [2.05, 4.69) is 25.5 Å². The third kappa shape index (κ3) is 0.513. The Labute approximate surface area is 56.9 Å². The van der Waals surface area contributed by atoms with E-state index in [1.807, 2.05) is 7.05 Å². The summed E-state index contributed by atoms with van der Waals surface area (Å²) >= 11 is 0. The molecule has 0 unspecified atom stereocenters. The first-order valence-electron chi connectivity index (χ1n) is 2.97. The molecule has 0 atom stereocenters. The van der Waals surface area contributed by atoms with Crippen molar-refractivity contribution >= 4 is 17.0 Å². The Morgan fingerprint density at radius 3 is 3.30 bits per heavy atom. The molecule has 0 bridgehead atoms. The predicted octanol–water partition coefficient (Wildman–Crippen LogP) is 0.328. The maximum atomic E-state index is 3.97. The van der Waals surface area contributed by atoms with Gasteiger partial charge >= 0.3 is 0 Å². The average Bonchev–Trinajstić information content (AvgIpc) is 2.44. The van der Waals surface area contributed by atoms with Crippen LogP contribution in [-0.2, 0) is 0 Å². The van der Waals surface area contributed by atoms with Crippen molar-refractivity contribution in [1.82, 2.24) is 20.2 Å². The topological polar surface area (TPSA) is 69.4 Å². The number of aromatic amines is 2. The van der Waals surface area contributed by atoms with Crippen molar-refractivity contribution in [2.45, 2.75) is 0 Å². The molecule has 5 nitrogen and oxygen atoms in total. The van der Waals surface area contributed by atoms with Crippen LogP contribution in [0.5, 0.6) is 0 Å². The number of fused-ring (bicyclic) bond motifs is 1. The van der Waals surface area contributed by atoms with E-state index >= 15 is 0 Å². The van der Waals surface area contributed by atoms with Crippen molar-refractivity contribution in [3.05, 3.63) is 6.33 Å². The highest BCUT2D eigenvalue weighted by molar-refractivity contribution is 5.82. The Morgan fingerprint density at radius 2 is 2.50 bits per heavy atom. The van der Waals surface area contributed by atoms with Crippen molar-refractivity contribution in [1.29, 1.82) is 0 Å². The summed E-state index contributed by atoms with van der Waals surface area (Å²) in [5, 5.41) is 9.63. The van der Waals surface area contributed by atoms with E-state index in [0.717, 1.165) is 17.0 Å². The lowest BCUT2D eigenvalue weighted by Crippen LogP contribution is -1.87. The highest BCUT2D eigenvalue weighted by atomic mass is 15.2. The summed E-state index contributed by atoms with van der Waals surface area (Å²) in [6.07, 6.45) is 1.63. The molecule has 52 valence electrons. The van der Waals surface area contributed by atoms with E-state index in [-0.39, 0.29) is 0 Å². The van der Waals surface area contributed by atoms with Crippen LogP contribution in [0.3, 0.4) is 0 Å². The molecular formula is C5H7N5. The lowest BCUT2D eigenvalue weighted by molar-refractivity contribution is 1.09. The normalized spacial score (nSPS) is 10.5. The summed E-state index contributed by atoms with van der Waals surface area (Å²) in [5.41, 5.74) is 1.70. The van der Waals surface area contributed by atoms with Crippen LogP contribution in [0.25, 0.3) is 11.2 Å². The molecule has 5 heteroatoms. The van der Waals surface area contributed by atoms with Crippen molar-refractivity contribution < 1.29 is 0 Å². The number of anilines is 1. The second-order valence-electron chi connectivity index (χ2n) is 1.95. The van der Waals surface area contributed by atoms with E-state index in [0.29, 0.717) is 0 Å². The van der Waals surface area contributed by atoms with Gasteiger partial charge in [-0.1, -0.05) is 0 Å². The van der Waals surface area contributed by atoms with Gasteiger partial charge in [0.25, 0.3) is 0 Å². The van der Waals surface area contributed by atoms with Crippen LogP contribution in [-0.4, -0.2) is 27.2 Å². The Hall–Kier alpha value is -1.52. The molecule has 2 rings (SSSR count). The number of hydrogen-bond acceptors (Lipinski definition) is 3. The van der Waals surface area contributed by atoms with E-state index in [9.17, 15) is 0 Å². The lowest BCUT2D eigenvalue weighted by atomic mass is 10.5. The van der Waals surface area contributed by atoms with Crippen LogP contribution in [0.15, 0.2) is 6.33 Å². The van der Waals surface area contributed by atoms with Gasteiger partial charge in [-0.2, -0.15) is 5.10 Å². The maximum Gasteiger partial charge on any atom is 0.175 e. The van der Waals surface area contributed by atoms with Gasteiger partial charge in [0.1, 0.15) is 5.52 Å². The van der Waals surface area contributed by atoms with E-state index in [1.54, 1.807) is 6.33 Å². The molecule has 2 aromatic heterocycles. The zero-order chi connectivity index (χ0) is 6.97. The number of hydrogen-bond donors (Lipinski definition) is 3. The summed E-state index contributed by atoms with van der Waals surface area (Å²) in [6.45, 7) is 0. The van der Waals surface area contributed by atoms with Crippen LogP contribution < -0.4 is 5.32 Å². The molecule has 0 spiro atoms. The smallest absolute Gasteiger partial charge is 0.175 e. The zero-order valence-electron chi connectivity index (χ0n) is 5.47. The van der Waals surface area contributed by atoms with E-state index in [1.165, 1.54) is 0 Å². The summed E-state index contributed by atoms with van der Waals surface area (Å²) < 4.78 is 0. The van der Waals surface area contributed by atoms with Crippen molar-refractivity contribution in [2.24, 2.45) is 0 Å². The van der Waals surface area contributed by atoms with Gasteiger partial charge in [0.15, 0.2) is 11.5 Å². The molecule has 0 aliphatic carbocycles. The Bertz CT molecular complexity index is 332. The minimum absolute atomic E-state index is 0.782. The minimum Gasteiger partial charge on any atom is -0.370 e. The largest absolute Gasteiger partial charge is 0.370 e. The zero-order valence-corrected chi connectivity index (χ0v) is 5.47. The van der Waals surface area contributed by atoms with Crippen molar-refractivity contribution in [2.75, 3.05) is 12.4 Å². The monoisotopic (exact) mass is 137 g/mol. The standard InChI is InChI=1S/C5H7N5/c1-6-4-3-5(10-9-4)8-2-7-3/h2H,1H3,(H3,6,7,8,9,10). The molecule has 0 amide bonds. The first kappa shape index (κ1) is 5.28. The fourth-order valence-corrected chi connectivity index (χ4v) is 0.905. The SMILES string of the molecule is CNc1n[nH]c2nc[nH]c12. The number of nitrogens with one attached hydrogen (secondary N) is 3. The molecule has 0 aliphatic rings. The molecule has 10 heavy (non-hydrogen) atoms. The van der Waals surface area contributed by atoms with Crippen molar-refractivity contribution in [3.8, 4) is 0 Å². The molecule has 2 heterocycles. The number of imidazole rings is 1. The summed E-state index contributed by atoms with van der Waals surface area (Å²) in [6, 6.07) is 0. The summed E-state index contributed by atoms with van der Waals surface area (Å²) in [4.78, 5) is 6.93. The fraction of sp³-hybridized carbons (Fsp3) is 0.200. The molecule has 0 saturated carbocycles. The van der Waals surface area contributed by atoms with Gasteiger partial charge in [-0.3, -0.25) is 5.10 Å². The molecular weight excluding hydrogens is 130 g/mol. The van der Waals surface area contributed by atoms with Crippen LogP contribution in [0.4, 0.5) is 5.82 Å². The highest BCUT2D eigenvalue weighted by Gasteiger charge is 2.03.